The van der Waals surface area contributed by atoms with Gasteiger partial charge in [-0.1, -0.05) is 60.7 Å². The largest absolute Gasteiger partial charge is 0.507 e. The Morgan fingerprint density at radius 3 is 1.48 bits per heavy atom. The van der Waals surface area contributed by atoms with Gasteiger partial charge in [-0.05, 0) is 53.3 Å². The van der Waals surface area contributed by atoms with Crippen molar-refractivity contribution in [3.05, 3.63) is 82.9 Å². The third-order valence-electron chi connectivity index (χ3n) is 5.15. The van der Waals surface area contributed by atoms with E-state index < -0.39 is 0 Å². The molecule has 4 aromatic rings. The second-order valence-electron chi connectivity index (χ2n) is 6.64. The number of phenols is 2. The van der Waals surface area contributed by atoms with Crippen molar-refractivity contribution in [2.45, 2.75) is 20.3 Å². The summed E-state index contributed by atoms with van der Waals surface area (Å²) in [6, 6.07) is 20.0. The van der Waals surface area contributed by atoms with E-state index in [0.29, 0.717) is 17.9 Å². The summed E-state index contributed by atoms with van der Waals surface area (Å²) in [7, 11) is 0. The van der Waals surface area contributed by atoms with Crippen LogP contribution in [-0.4, -0.2) is 10.2 Å². The van der Waals surface area contributed by atoms with E-state index in [0.717, 1.165) is 43.8 Å². The van der Waals surface area contributed by atoms with Crippen LogP contribution in [0, 0.1) is 13.8 Å². The molecular formula is C23H20O2. The fourth-order valence-electron chi connectivity index (χ4n) is 3.55. The highest BCUT2D eigenvalue weighted by Crippen LogP contribution is 2.35. The highest BCUT2D eigenvalue weighted by molar-refractivity contribution is 5.91. The van der Waals surface area contributed by atoms with E-state index in [4.69, 9.17) is 0 Å². The van der Waals surface area contributed by atoms with Crippen molar-refractivity contribution >= 4 is 21.5 Å². The third-order valence-corrected chi connectivity index (χ3v) is 5.15. The van der Waals surface area contributed by atoms with Gasteiger partial charge in [-0.2, -0.15) is 0 Å². The SMILES string of the molecule is Cc1c(Cc2cc3ccccc3c(O)c2C)cc2ccccc2c1O. The van der Waals surface area contributed by atoms with E-state index in [1.54, 1.807) is 0 Å². The molecule has 2 nitrogen and oxygen atoms in total. The lowest BCUT2D eigenvalue weighted by Crippen LogP contribution is -1.97. The van der Waals surface area contributed by atoms with Crippen molar-refractivity contribution in [3.8, 4) is 11.5 Å². The monoisotopic (exact) mass is 328 g/mol. The maximum absolute atomic E-state index is 10.6. The van der Waals surface area contributed by atoms with Crippen LogP contribution in [0.25, 0.3) is 21.5 Å². The van der Waals surface area contributed by atoms with Crippen LogP contribution in [0.4, 0.5) is 0 Å². The average Bonchev–Trinajstić information content (AvgIpc) is 2.63. The van der Waals surface area contributed by atoms with E-state index in [1.807, 2.05) is 62.4 Å². The third kappa shape index (κ3) is 2.51. The van der Waals surface area contributed by atoms with Crippen LogP contribution >= 0.6 is 0 Å². The Morgan fingerprint density at radius 2 is 1.04 bits per heavy atom. The summed E-state index contributed by atoms with van der Waals surface area (Å²) in [5, 5.41) is 24.9. The number of benzene rings is 4. The molecule has 25 heavy (non-hydrogen) atoms. The quantitative estimate of drug-likeness (QED) is 0.502. The second kappa shape index (κ2) is 5.82. The number of rotatable bonds is 2. The molecule has 2 N–H and O–H groups in total. The predicted molar refractivity (Wildman–Crippen MR) is 104 cm³/mol. The number of fused-ring (bicyclic) bond motifs is 2. The number of aromatic hydroxyl groups is 2. The second-order valence-corrected chi connectivity index (χ2v) is 6.64. The Kier molecular flexibility index (Phi) is 3.61. The van der Waals surface area contributed by atoms with Gasteiger partial charge in [-0.25, -0.2) is 0 Å². The van der Waals surface area contributed by atoms with Crippen molar-refractivity contribution in [3.63, 3.8) is 0 Å². The topological polar surface area (TPSA) is 40.5 Å². The minimum atomic E-state index is 0.343. The highest BCUT2D eigenvalue weighted by atomic mass is 16.3. The fourth-order valence-corrected chi connectivity index (χ4v) is 3.55. The minimum absolute atomic E-state index is 0.343. The van der Waals surface area contributed by atoms with Crippen LogP contribution in [0.2, 0.25) is 0 Å². The summed E-state index contributed by atoms with van der Waals surface area (Å²) in [6.07, 6.45) is 0.675. The Bertz CT molecular complexity index is 1020. The summed E-state index contributed by atoms with van der Waals surface area (Å²) in [6.45, 7) is 3.90. The van der Waals surface area contributed by atoms with E-state index in [1.165, 1.54) is 0 Å². The van der Waals surface area contributed by atoms with Gasteiger partial charge in [0.2, 0.25) is 0 Å². The smallest absolute Gasteiger partial charge is 0.126 e. The van der Waals surface area contributed by atoms with Crippen LogP contribution in [0.1, 0.15) is 22.3 Å². The van der Waals surface area contributed by atoms with Crippen LogP contribution in [0.5, 0.6) is 11.5 Å². The highest BCUT2D eigenvalue weighted by Gasteiger charge is 2.13. The molecule has 0 heterocycles. The molecule has 0 atom stereocenters. The first-order chi connectivity index (χ1) is 12.1. The molecule has 0 unspecified atom stereocenters. The summed E-state index contributed by atoms with van der Waals surface area (Å²) >= 11 is 0. The predicted octanol–water partition coefficient (Wildman–Crippen LogP) is 5.61. The molecule has 0 saturated heterocycles. The Labute approximate surface area is 147 Å². The number of hydrogen-bond acceptors (Lipinski definition) is 2. The molecule has 4 aromatic carbocycles. The van der Waals surface area contributed by atoms with Crippen molar-refractivity contribution in [1.29, 1.82) is 0 Å². The maximum Gasteiger partial charge on any atom is 0.126 e. The van der Waals surface area contributed by atoms with Gasteiger partial charge < -0.3 is 10.2 Å². The van der Waals surface area contributed by atoms with Gasteiger partial charge in [-0.15, -0.1) is 0 Å². The van der Waals surface area contributed by atoms with E-state index >= 15 is 0 Å². The van der Waals surface area contributed by atoms with Gasteiger partial charge in [0.15, 0.2) is 0 Å². The molecule has 0 fully saturated rings. The van der Waals surface area contributed by atoms with Gasteiger partial charge >= 0.3 is 0 Å². The van der Waals surface area contributed by atoms with Crippen molar-refractivity contribution in [1.82, 2.24) is 0 Å². The molecule has 0 saturated carbocycles. The summed E-state index contributed by atoms with van der Waals surface area (Å²) in [5.74, 6) is 0.687. The Hall–Kier alpha value is -3.00. The first kappa shape index (κ1) is 15.5. The van der Waals surface area contributed by atoms with Gasteiger partial charge in [0.05, 0.1) is 0 Å². The summed E-state index contributed by atoms with van der Waals surface area (Å²) in [5.41, 5.74) is 3.94. The van der Waals surface area contributed by atoms with E-state index in [-0.39, 0.29) is 0 Å². The lowest BCUT2D eigenvalue weighted by Gasteiger charge is -2.15. The molecule has 2 heteroatoms. The standard InChI is InChI=1S/C23H20O2/c1-14-18(11-16-7-3-5-9-20(16)22(14)24)13-19-12-17-8-4-6-10-21(17)23(25)15(19)2/h3-12,24-25H,13H2,1-2H3. The van der Waals surface area contributed by atoms with Gasteiger partial charge in [-0.3, -0.25) is 0 Å². The van der Waals surface area contributed by atoms with Crippen molar-refractivity contribution < 1.29 is 10.2 Å². The van der Waals surface area contributed by atoms with Crippen molar-refractivity contribution in [2.24, 2.45) is 0 Å². The molecule has 0 spiro atoms. The summed E-state index contributed by atoms with van der Waals surface area (Å²) in [4.78, 5) is 0. The maximum atomic E-state index is 10.6. The minimum Gasteiger partial charge on any atom is -0.507 e. The van der Waals surface area contributed by atoms with Crippen LogP contribution in [0.15, 0.2) is 60.7 Å². The molecule has 0 aliphatic heterocycles. The molecular weight excluding hydrogens is 308 g/mol. The molecule has 0 aromatic heterocycles. The Morgan fingerprint density at radius 1 is 0.640 bits per heavy atom. The lowest BCUT2D eigenvalue weighted by atomic mass is 9.92. The summed E-state index contributed by atoms with van der Waals surface area (Å²) < 4.78 is 0. The van der Waals surface area contributed by atoms with Crippen LogP contribution in [-0.2, 0) is 6.42 Å². The zero-order valence-corrected chi connectivity index (χ0v) is 14.4. The van der Waals surface area contributed by atoms with Crippen LogP contribution < -0.4 is 0 Å². The normalized spacial score (nSPS) is 11.3. The first-order valence-corrected chi connectivity index (χ1v) is 8.46. The lowest BCUT2D eigenvalue weighted by molar-refractivity contribution is 0.476. The fraction of sp³-hybridized carbons (Fsp3) is 0.130. The van der Waals surface area contributed by atoms with Gasteiger partial charge in [0, 0.05) is 10.8 Å². The molecule has 4 rings (SSSR count). The first-order valence-electron chi connectivity index (χ1n) is 8.46. The van der Waals surface area contributed by atoms with E-state index in [9.17, 15) is 10.2 Å². The zero-order chi connectivity index (χ0) is 17.6. The number of hydrogen-bond donors (Lipinski definition) is 2. The molecule has 124 valence electrons. The molecule has 0 radical (unpaired) electrons. The van der Waals surface area contributed by atoms with Gasteiger partial charge in [0.1, 0.15) is 11.5 Å². The number of phenolic OH excluding ortho intramolecular Hbond substituents is 2. The zero-order valence-electron chi connectivity index (χ0n) is 14.4. The molecule has 0 amide bonds. The van der Waals surface area contributed by atoms with E-state index in [2.05, 4.69) is 12.1 Å². The van der Waals surface area contributed by atoms with Gasteiger partial charge in [0.25, 0.3) is 0 Å². The van der Waals surface area contributed by atoms with Crippen molar-refractivity contribution in [2.75, 3.05) is 0 Å². The average molecular weight is 328 g/mol. The van der Waals surface area contributed by atoms with Crippen LogP contribution in [0.3, 0.4) is 0 Å². The molecule has 0 aliphatic carbocycles. The Balaban J connectivity index is 1.88. The molecule has 0 bridgehead atoms. The molecule has 0 aliphatic rings.